The van der Waals surface area contributed by atoms with Gasteiger partial charge in [-0.2, -0.15) is 0 Å². The summed E-state index contributed by atoms with van der Waals surface area (Å²) >= 11 is 0. The Kier molecular flexibility index (Phi) is 5.74. The van der Waals surface area contributed by atoms with Crippen LogP contribution in [0.5, 0.6) is 5.75 Å². The van der Waals surface area contributed by atoms with E-state index in [0.29, 0.717) is 12.5 Å². The van der Waals surface area contributed by atoms with E-state index in [2.05, 4.69) is 13.8 Å². The molecule has 0 fully saturated rings. The van der Waals surface area contributed by atoms with Gasteiger partial charge in [0.25, 0.3) is 0 Å². The summed E-state index contributed by atoms with van der Waals surface area (Å²) in [4.78, 5) is 12.5. The van der Waals surface area contributed by atoms with E-state index in [4.69, 9.17) is 4.74 Å². The lowest BCUT2D eigenvalue weighted by Gasteiger charge is -2.10. The largest absolute Gasteiger partial charge is 0.493 e. The van der Waals surface area contributed by atoms with Crippen LogP contribution < -0.4 is 10.0 Å². The fourth-order valence-corrected chi connectivity index (χ4v) is 3.38. The first-order valence-electron chi connectivity index (χ1n) is 7.58. The Morgan fingerprint density at radius 3 is 2.18 bits per heavy atom. The average Bonchev–Trinajstić information content (AvgIpc) is 2.46. The smallest absolute Gasteiger partial charge is 0.186 e. The van der Waals surface area contributed by atoms with Crippen LogP contribution in [0.15, 0.2) is 42.5 Å². The second-order valence-corrected chi connectivity index (χ2v) is 7.23. The van der Waals surface area contributed by atoms with E-state index in [1.54, 1.807) is 0 Å². The van der Waals surface area contributed by atoms with Crippen LogP contribution >= 0.6 is 8.58 Å². The molecule has 2 aromatic carbocycles. The summed E-state index contributed by atoms with van der Waals surface area (Å²) in [6, 6.07) is 13.8. The zero-order chi connectivity index (χ0) is 16.1. The SMILES string of the molecule is Cc1cccc(C)c1C(=O)Pc1ccc(OCC(C)C)cc1. The van der Waals surface area contributed by atoms with Crippen LogP contribution in [-0.4, -0.2) is 12.1 Å². The Bertz CT molecular complexity index is 625. The lowest BCUT2D eigenvalue weighted by molar-refractivity contribution is 0.108. The van der Waals surface area contributed by atoms with Crippen molar-refractivity contribution in [3.05, 3.63) is 59.2 Å². The van der Waals surface area contributed by atoms with E-state index < -0.39 is 0 Å². The van der Waals surface area contributed by atoms with Gasteiger partial charge >= 0.3 is 0 Å². The minimum absolute atomic E-state index is 0.148. The normalized spacial score (nSPS) is 11.3. The second-order valence-electron chi connectivity index (χ2n) is 5.95. The summed E-state index contributed by atoms with van der Waals surface area (Å²) < 4.78 is 5.67. The van der Waals surface area contributed by atoms with Crippen LogP contribution in [0.3, 0.4) is 0 Å². The highest BCUT2D eigenvalue weighted by atomic mass is 31.1. The molecule has 0 aliphatic rings. The highest BCUT2D eigenvalue weighted by Gasteiger charge is 2.12. The summed E-state index contributed by atoms with van der Waals surface area (Å²) in [5, 5.41) is 1.05. The fraction of sp³-hybridized carbons (Fsp3) is 0.316. The minimum Gasteiger partial charge on any atom is -0.493 e. The number of carbonyl (C=O) groups excluding carboxylic acids is 1. The molecule has 0 N–H and O–H groups in total. The van der Waals surface area contributed by atoms with Crippen LogP contribution in [0.1, 0.15) is 35.3 Å². The first-order valence-corrected chi connectivity index (χ1v) is 8.58. The molecule has 3 heteroatoms. The maximum absolute atomic E-state index is 12.5. The lowest BCUT2D eigenvalue weighted by atomic mass is 10.0. The Morgan fingerprint density at radius 2 is 1.64 bits per heavy atom. The number of carbonyl (C=O) groups is 1. The van der Waals surface area contributed by atoms with Gasteiger partial charge in [0.05, 0.1) is 6.61 Å². The molecule has 2 aromatic rings. The van der Waals surface area contributed by atoms with E-state index in [1.165, 1.54) is 0 Å². The van der Waals surface area contributed by atoms with Gasteiger partial charge < -0.3 is 4.74 Å². The van der Waals surface area contributed by atoms with Crippen molar-refractivity contribution >= 4 is 19.4 Å². The number of aryl methyl sites for hydroxylation is 2. The summed E-state index contributed by atoms with van der Waals surface area (Å²) in [5.74, 6) is 1.37. The number of hydrogen-bond acceptors (Lipinski definition) is 2. The van der Waals surface area contributed by atoms with Crippen molar-refractivity contribution in [3.63, 3.8) is 0 Å². The molecule has 0 heterocycles. The first-order chi connectivity index (χ1) is 10.5. The third-order valence-electron chi connectivity index (χ3n) is 3.40. The minimum atomic E-state index is 0.148. The third kappa shape index (κ3) is 4.42. The van der Waals surface area contributed by atoms with E-state index in [9.17, 15) is 4.79 Å². The van der Waals surface area contributed by atoms with Crippen LogP contribution in [0.4, 0.5) is 0 Å². The van der Waals surface area contributed by atoms with Gasteiger partial charge in [0.1, 0.15) is 5.75 Å². The summed E-state index contributed by atoms with van der Waals surface area (Å²) in [5.41, 5.74) is 3.16. The Labute approximate surface area is 134 Å². The molecule has 0 bridgehead atoms. The predicted molar refractivity (Wildman–Crippen MR) is 95.0 cm³/mol. The molecule has 22 heavy (non-hydrogen) atoms. The van der Waals surface area contributed by atoms with Gasteiger partial charge in [-0.1, -0.05) is 44.2 Å². The van der Waals surface area contributed by atoms with Crippen LogP contribution in [0, 0.1) is 19.8 Å². The highest BCUT2D eigenvalue weighted by Crippen LogP contribution is 2.24. The Hall–Kier alpha value is -1.66. The standard InChI is InChI=1S/C19H23O2P/c1-13(2)12-21-16-8-10-17(11-9-16)22-19(20)18-14(3)6-5-7-15(18)4/h5-11,13,22H,12H2,1-4H3. The molecule has 0 spiro atoms. The predicted octanol–water partition coefficient (Wildman–Crippen LogP) is 4.48. The van der Waals surface area contributed by atoms with Gasteiger partial charge in [0, 0.05) is 5.56 Å². The van der Waals surface area contributed by atoms with Crippen molar-refractivity contribution in [1.29, 1.82) is 0 Å². The molecule has 1 unspecified atom stereocenters. The molecular formula is C19H23O2P. The van der Waals surface area contributed by atoms with Crippen molar-refractivity contribution in [2.75, 3.05) is 6.61 Å². The van der Waals surface area contributed by atoms with Crippen molar-refractivity contribution in [3.8, 4) is 5.75 Å². The highest BCUT2D eigenvalue weighted by molar-refractivity contribution is 7.66. The molecular weight excluding hydrogens is 291 g/mol. The van der Waals surface area contributed by atoms with E-state index in [1.807, 2.05) is 56.3 Å². The number of hydrogen-bond donors (Lipinski definition) is 0. The molecule has 0 aliphatic carbocycles. The second kappa shape index (κ2) is 7.56. The maximum Gasteiger partial charge on any atom is 0.186 e. The quantitative estimate of drug-likeness (QED) is 0.735. The number of ether oxygens (including phenoxy) is 1. The number of rotatable bonds is 6. The average molecular weight is 314 g/mol. The summed E-state index contributed by atoms with van der Waals surface area (Å²) in [6.07, 6.45) is 0. The summed E-state index contributed by atoms with van der Waals surface area (Å²) in [7, 11) is 0.148. The maximum atomic E-state index is 12.5. The van der Waals surface area contributed by atoms with E-state index in [-0.39, 0.29) is 14.1 Å². The van der Waals surface area contributed by atoms with E-state index in [0.717, 1.165) is 27.7 Å². The van der Waals surface area contributed by atoms with Crippen molar-refractivity contribution in [1.82, 2.24) is 0 Å². The monoisotopic (exact) mass is 314 g/mol. The van der Waals surface area contributed by atoms with Crippen LogP contribution in [0.2, 0.25) is 0 Å². The molecule has 0 saturated carbocycles. The number of benzene rings is 2. The molecule has 116 valence electrons. The Morgan fingerprint density at radius 1 is 1.05 bits per heavy atom. The van der Waals surface area contributed by atoms with Crippen molar-refractivity contribution in [2.45, 2.75) is 27.7 Å². The summed E-state index contributed by atoms with van der Waals surface area (Å²) in [6.45, 7) is 8.95. The molecule has 0 aromatic heterocycles. The van der Waals surface area contributed by atoms with Gasteiger partial charge in [0.15, 0.2) is 5.52 Å². The molecule has 2 nitrogen and oxygen atoms in total. The molecule has 0 saturated heterocycles. The van der Waals surface area contributed by atoms with E-state index >= 15 is 0 Å². The van der Waals surface area contributed by atoms with Crippen molar-refractivity contribution in [2.24, 2.45) is 5.92 Å². The third-order valence-corrected chi connectivity index (χ3v) is 4.50. The van der Waals surface area contributed by atoms with Gasteiger partial charge in [-0.3, -0.25) is 4.79 Å². The zero-order valence-corrected chi connectivity index (χ0v) is 14.6. The topological polar surface area (TPSA) is 26.3 Å². The van der Waals surface area contributed by atoms with Gasteiger partial charge in [0.2, 0.25) is 0 Å². The molecule has 2 rings (SSSR count). The lowest BCUT2D eigenvalue weighted by Crippen LogP contribution is -2.06. The molecule has 1 atom stereocenters. The Balaban J connectivity index is 2.06. The van der Waals surface area contributed by atoms with Gasteiger partial charge in [-0.05, 0) is 56.9 Å². The van der Waals surface area contributed by atoms with Crippen LogP contribution in [0.25, 0.3) is 0 Å². The molecule has 0 radical (unpaired) electrons. The molecule has 0 amide bonds. The van der Waals surface area contributed by atoms with Gasteiger partial charge in [-0.25, -0.2) is 0 Å². The van der Waals surface area contributed by atoms with Gasteiger partial charge in [-0.15, -0.1) is 0 Å². The first kappa shape index (κ1) is 16.7. The zero-order valence-electron chi connectivity index (χ0n) is 13.6. The molecule has 0 aliphatic heterocycles. The fourth-order valence-electron chi connectivity index (χ4n) is 2.26. The van der Waals surface area contributed by atoms with Crippen molar-refractivity contribution < 1.29 is 9.53 Å². The van der Waals surface area contributed by atoms with Crippen LogP contribution in [-0.2, 0) is 0 Å².